The van der Waals surface area contributed by atoms with Crippen LogP contribution in [0.4, 0.5) is 10.1 Å². The van der Waals surface area contributed by atoms with Gasteiger partial charge in [-0.05, 0) is 47.8 Å². The van der Waals surface area contributed by atoms with E-state index in [0.717, 1.165) is 37.6 Å². The molecule has 1 aromatic carbocycles. The highest BCUT2D eigenvalue weighted by Crippen LogP contribution is 2.24. The van der Waals surface area contributed by atoms with E-state index in [2.05, 4.69) is 15.1 Å². The van der Waals surface area contributed by atoms with Gasteiger partial charge < -0.3 is 14.6 Å². The van der Waals surface area contributed by atoms with Crippen LogP contribution >= 0.6 is 11.3 Å². The van der Waals surface area contributed by atoms with E-state index in [9.17, 15) is 9.18 Å². The van der Waals surface area contributed by atoms with Gasteiger partial charge in [0, 0.05) is 38.4 Å². The van der Waals surface area contributed by atoms with Crippen molar-refractivity contribution < 1.29 is 13.6 Å². The van der Waals surface area contributed by atoms with Gasteiger partial charge in [0.1, 0.15) is 11.6 Å². The number of nitrogens with one attached hydrogen (secondary N) is 1. The van der Waals surface area contributed by atoms with E-state index in [1.165, 1.54) is 23.5 Å². The van der Waals surface area contributed by atoms with Gasteiger partial charge in [-0.3, -0.25) is 9.69 Å². The Bertz CT molecular complexity index is 873. The number of anilines is 1. The maximum Gasteiger partial charge on any atom is 0.261 e. The average Bonchev–Trinajstić information content (AvgIpc) is 3.44. The second kappa shape index (κ2) is 8.58. The first-order chi connectivity index (χ1) is 13.7. The summed E-state index contributed by atoms with van der Waals surface area (Å²) < 4.78 is 18.8. The largest absolute Gasteiger partial charge is 0.468 e. The first-order valence-electron chi connectivity index (χ1n) is 9.30. The zero-order valence-corrected chi connectivity index (χ0v) is 16.2. The van der Waals surface area contributed by atoms with Crippen LogP contribution in [0.15, 0.2) is 64.6 Å². The van der Waals surface area contributed by atoms with Crippen molar-refractivity contribution in [2.24, 2.45) is 0 Å². The molecule has 0 unspecified atom stereocenters. The molecule has 0 aliphatic carbocycles. The minimum atomic E-state index is -0.221. The van der Waals surface area contributed by atoms with Gasteiger partial charge in [-0.25, -0.2) is 4.39 Å². The molecular weight excluding hydrogens is 377 g/mol. The van der Waals surface area contributed by atoms with Gasteiger partial charge in [0.05, 0.1) is 17.2 Å². The molecule has 1 aliphatic heterocycles. The summed E-state index contributed by atoms with van der Waals surface area (Å²) in [4.78, 5) is 17.6. The number of carbonyl (C=O) groups is 1. The van der Waals surface area contributed by atoms with Crippen LogP contribution in [0.3, 0.4) is 0 Å². The second-order valence-electron chi connectivity index (χ2n) is 6.72. The smallest absolute Gasteiger partial charge is 0.261 e. The fourth-order valence-corrected chi connectivity index (χ4v) is 4.16. The summed E-state index contributed by atoms with van der Waals surface area (Å²) in [5, 5.41) is 4.93. The Kier molecular flexibility index (Phi) is 5.73. The standard InChI is InChI=1S/C21H22FN3O2S/c22-16-5-7-17(8-6-16)24-9-11-25(12-10-24)18(19-3-1-13-27-19)15-23-21(26)20-4-2-14-28-20/h1-8,13-14,18H,9-12,15H2,(H,23,26)/t18-/m1/s1. The van der Waals surface area contributed by atoms with Gasteiger partial charge in [-0.1, -0.05) is 6.07 Å². The third-order valence-corrected chi connectivity index (χ3v) is 5.89. The Morgan fingerprint density at radius 1 is 1.11 bits per heavy atom. The van der Waals surface area contributed by atoms with Crippen molar-refractivity contribution in [1.82, 2.24) is 10.2 Å². The van der Waals surface area contributed by atoms with Crippen LogP contribution in [0.1, 0.15) is 21.5 Å². The van der Waals surface area contributed by atoms with Gasteiger partial charge in [0.15, 0.2) is 0 Å². The molecule has 28 heavy (non-hydrogen) atoms. The van der Waals surface area contributed by atoms with Crippen molar-refractivity contribution in [1.29, 1.82) is 0 Å². The van der Waals surface area contributed by atoms with Gasteiger partial charge >= 0.3 is 0 Å². The number of amides is 1. The van der Waals surface area contributed by atoms with Gasteiger partial charge in [0.25, 0.3) is 5.91 Å². The van der Waals surface area contributed by atoms with Crippen molar-refractivity contribution in [3.63, 3.8) is 0 Å². The second-order valence-corrected chi connectivity index (χ2v) is 7.67. The number of hydrogen-bond donors (Lipinski definition) is 1. The molecule has 5 nitrogen and oxygen atoms in total. The van der Waals surface area contributed by atoms with Gasteiger partial charge in [-0.15, -0.1) is 11.3 Å². The van der Waals surface area contributed by atoms with Crippen LogP contribution in [0, 0.1) is 5.82 Å². The first kappa shape index (κ1) is 18.7. The highest BCUT2D eigenvalue weighted by Gasteiger charge is 2.27. The Hall–Kier alpha value is -2.64. The Morgan fingerprint density at radius 3 is 2.54 bits per heavy atom. The molecule has 0 bridgehead atoms. The molecule has 7 heteroatoms. The Morgan fingerprint density at radius 2 is 1.89 bits per heavy atom. The highest BCUT2D eigenvalue weighted by molar-refractivity contribution is 7.12. The Balaban J connectivity index is 1.40. The molecule has 1 atom stereocenters. The van der Waals surface area contributed by atoms with Crippen LogP contribution in [0.2, 0.25) is 0 Å². The number of benzene rings is 1. The van der Waals surface area contributed by atoms with E-state index in [1.54, 1.807) is 6.26 Å². The number of nitrogens with zero attached hydrogens (tertiary/aromatic N) is 2. The van der Waals surface area contributed by atoms with Crippen molar-refractivity contribution in [3.05, 3.63) is 76.6 Å². The van der Waals surface area contributed by atoms with Crippen LogP contribution in [0.25, 0.3) is 0 Å². The highest BCUT2D eigenvalue weighted by atomic mass is 32.1. The first-order valence-corrected chi connectivity index (χ1v) is 10.2. The number of carbonyl (C=O) groups excluding carboxylic acids is 1. The quantitative estimate of drug-likeness (QED) is 0.686. The van der Waals surface area contributed by atoms with Crippen LogP contribution in [-0.2, 0) is 0 Å². The number of piperazine rings is 1. The molecule has 2 aromatic heterocycles. The topological polar surface area (TPSA) is 48.7 Å². The summed E-state index contributed by atoms with van der Waals surface area (Å²) in [6.45, 7) is 3.82. The van der Waals surface area contributed by atoms with Gasteiger partial charge in [-0.2, -0.15) is 0 Å². The lowest BCUT2D eigenvalue weighted by Gasteiger charge is -2.39. The average molecular weight is 399 g/mol. The molecule has 1 fully saturated rings. The minimum Gasteiger partial charge on any atom is -0.468 e. The van der Waals surface area contributed by atoms with E-state index in [1.807, 2.05) is 41.8 Å². The SMILES string of the molecule is O=C(NC[C@H](c1ccco1)N1CCN(c2ccc(F)cc2)CC1)c1cccs1. The monoisotopic (exact) mass is 399 g/mol. The summed E-state index contributed by atoms with van der Waals surface area (Å²) >= 11 is 1.43. The van der Waals surface area contributed by atoms with Crippen molar-refractivity contribution in [2.45, 2.75) is 6.04 Å². The van der Waals surface area contributed by atoms with Crippen LogP contribution in [0.5, 0.6) is 0 Å². The number of halogens is 1. The van der Waals surface area contributed by atoms with Crippen molar-refractivity contribution in [3.8, 4) is 0 Å². The van der Waals surface area contributed by atoms with Crippen molar-refractivity contribution in [2.75, 3.05) is 37.6 Å². The molecule has 1 N–H and O–H groups in total. The molecule has 3 heterocycles. The van der Waals surface area contributed by atoms with E-state index >= 15 is 0 Å². The van der Waals surface area contributed by atoms with Crippen molar-refractivity contribution >= 4 is 22.9 Å². The molecule has 0 saturated carbocycles. The third kappa shape index (κ3) is 4.26. The van der Waals surface area contributed by atoms with E-state index in [4.69, 9.17) is 4.42 Å². The molecule has 0 radical (unpaired) electrons. The summed E-state index contributed by atoms with van der Waals surface area (Å²) in [7, 11) is 0. The Labute approximate surface area is 167 Å². The number of thiophene rings is 1. The molecule has 1 aliphatic rings. The molecule has 1 saturated heterocycles. The fraction of sp³-hybridized carbons (Fsp3) is 0.286. The fourth-order valence-electron chi connectivity index (χ4n) is 3.52. The normalized spacial score (nSPS) is 16.1. The maximum atomic E-state index is 13.2. The lowest BCUT2D eigenvalue weighted by atomic mass is 10.1. The molecule has 4 rings (SSSR count). The number of rotatable bonds is 6. The zero-order chi connectivity index (χ0) is 19.3. The predicted molar refractivity (Wildman–Crippen MR) is 108 cm³/mol. The third-order valence-electron chi connectivity index (χ3n) is 5.02. The lowest BCUT2D eigenvalue weighted by molar-refractivity contribution is 0.0927. The number of hydrogen-bond acceptors (Lipinski definition) is 5. The summed E-state index contributed by atoms with van der Waals surface area (Å²) in [6.07, 6.45) is 1.66. The minimum absolute atomic E-state index is 0.0192. The molecule has 1 amide bonds. The van der Waals surface area contributed by atoms with E-state index in [0.29, 0.717) is 11.4 Å². The predicted octanol–water partition coefficient (Wildman–Crippen LogP) is 3.77. The summed E-state index contributed by atoms with van der Waals surface area (Å²) in [6, 6.07) is 14.1. The maximum absolute atomic E-state index is 13.2. The van der Waals surface area contributed by atoms with Gasteiger partial charge in [0.2, 0.25) is 0 Å². The molecule has 0 spiro atoms. The summed E-state index contributed by atoms with van der Waals surface area (Å²) in [5.74, 6) is 0.569. The van der Waals surface area contributed by atoms with Crippen LogP contribution < -0.4 is 10.2 Å². The summed E-state index contributed by atoms with van der Waals surface area (Å²) in [5.41, 5.74) is 1.03. The zero-order valence-electron chi connectivity index (χ0n) is 15.4. The van der Waals surface area contributed by atoms with E-state index in [-0.39, 0.29) is 17.8 Å². The number of furan rings is 1. The molecule has 3 aromatic rings. The lowest BCUT2D eigenvalue weighted by Crippen LogP contribution is -2.49. The molecular formula is C21H22FN3O2S. The van der Waals surface area contributed by atoms with Crippen LogP contribution in [-0.4, -0.2) is 43.5 Å². The molecule has 146 valence electrons. The van der Waals surface area contributed by atoms with E-state index < -0.39 is 0 Å².